The van der Waals surface area contributed by atoms with Gasteiger partial charge in [0.25, 0.3) is 5.91 Å². The van der Waals surface area contributed by atoms with Crippen molar-refractivity contribution in [2.45, 2.75) is 30.4 Å². The lowest BCUT2D eigenvalue weighted by Crippen LogP contribution is -2.34. The molecule has 444 valence electrons. The number of benzene rings is 11. The fourth-order valence-electron chi connectivity index (χ4n) is 12.5. The van der Waals surface area contributed by atoms with Crippen molar-refractivity contribution in [2.75, 3.05) is 20.4 Å². The molecule has 1 amide bonds. The molecule has 13 rings (SSSR count). The van der Waals surface area contributed by atoms with Crippen LogP contribution < -0.4 is 20.4 Å². The van der Waals surface area contributed by atoms with Crippen LogP contribution in [0.5, 0.6) is 0 Å². The van der Waals surface area contributed by atoms with Crippen LogP contribution in [0.1, 0.15) is 63.3 Å². The van der Waals surface area contributed by atoms with Crippen LogP contribution >= 0.6 is 0 Å². The van der Waals surface area contributed by atoms with Gasteiger partial charge in [-0.3, -0.25) is 4.79 Å². The first-order valence-corrected chi connectivity index (χ1v) is 28.8. The summed E-state index contributed by atoms with van der Waals surface area (Å²) in [6.45, 7) is 2.16. The number of nitrogens with one attached hydrogen (secondary N) is 2. The summed E-state index contributed by atoms with van der Waals surface area (Å²) in [6, 6.07) is 77.4. The molecule has 0 fully saturated rings. The summed E-state index contributed by atoms with van der Waals surface area (Å²) in [6.07, 6.45) is 2.74. The van der Waals surface area contributed by atoms with Gasteiger partial charge >= 0.3 is 0 Å². The fraction of sp³-hybridized carbons (Fsp3) is 0.0658. The van der Waals surface area contributed by atoms with Crippen molar-refractivity contribution in [3.63, 3.8) is 0 Å². The quantitative estimate of drug-likeness (QED) is 0.0413. The van der Waals surface area contributed by atoms with Crippen LogP contribution in [-0.2, 0) is 10.8 Å². The SMILES string of the molecule is CC1(c2ccc(N(c3ccccc3)c3ccccc3)cc2)C=CC2=C(C1)C(c1ccc(NC(=O)c3cc(F)c(F)c(F)c3F)cc1)(c1ccc(NC(O)c3cc(F)c(F)c(F)c3F)cc1)c1cc(-c3ccc(N(c4ccccc4)c4ccccc4)cc3)ccc12. The number of halogens is 8. The van der Waals surface area contributed by atoms with Crippen molar-refractivity contribution in [3.05, 3.63) is 352 Å². The molecule has 0 spiro atoms. The number of anilines is 8. The first-order chi connectivity index (χ1) is 43.6. The molecule has 11 aromatic carbocycles. The van der Waals surface area contributed by atoms with Crippen molar-refractivity contribution in [1.29, 1.82) is 0 Å². The Morgan fingerprint density at radius 3 is 1.40 bits per heavy atom. The topological polar surface area (TPSA) is 67.8 Å². The van der Waals surface area contributed by atoms with Crippen LogP contribution in [0.25, 0.3) is 16.7 Å². The molecule has 3 unspecified atom stereocenters. The lowest BCUT2D eigenvalue weighted by molar-refractivity contribution is 0.102. The Balaban J connectivity index is 0.955. The number of nitrogens with zero attached hydrogens (tertiary/aromatic N) is 2. The van der Waals surface area contributed by atoms with Crippen molar-refractivity contribution in [2.24, 2.45) is 0 Å². The van der Waals surface area contributed by atoms with Crippen LogP contribution in [-0.4, -0.2) is 11.0 Å². The van der Waals surface area contributed by atoms with E-state index >= 15 is 8.78 Å². The van der Waals surface area contributed by atoms with Gasteiger partial charge in [0.2, 0.25) is 0 Å². The van der Waals surface area contributed by atoms with Gasteiger partial charge in [-0.05, 0) is 172 Å². The van der Waals surface area contributed by atoms with Crippen molar-refractivity contribution < 1.29 is 45.0 Å². The van der Waals surface area contributed by atoms with Gasteiger partial charge in [0.05, 0.1) is 11.0 Å². The highest BCUT2D eigenvalue weighted by Crippen LogP contribution is 2.60. The molecule has 2 aliphatic rings. The molecule has 3 atom stereocenters. The van der Waals surface area contributed by atoms with Crippen molar-refractivity contribution >= 4 is 57.0 Å². The summed E-state index contributed by atoms with van der Waals surface area (Å²) < 4.78 is 116. The highest BCUT2D eigenvalue weighted by Gasteiger charge is 2.50. The van der Waals surface area contributed by atoms with Crippen molar-refractivity contribution in [3.8, 4) is 11.1 Å². The monoisotopic (exact) mass is 1200 g/mol. The van der Waals surface area contributed by atoms with Gasteiger partial charge in [-0.25, -0.2) is 35.1 Å². The number of carbonyl (C=O) groups excluding carboxylic acids is 1. The Hall–Kier alpha value is -10.8. The second-order valence-electron chi connectivity index (χ2n) is 22.3. The zero-order valence-electron chi connectivity index (χ0n) is 47.9. The number of hydrogen-bond acceptors (Lipinski definition) is 5. The molecule has 0 aliphatic heterocycles. The third-order valence-corrected chi connectivity index (χ3v) is 16.9. The van der Waals surface area contributed by atoms with E-state index in [1.165, 1.54) is 0 Å². The molecule has 0 aromatic heterocycles. The van der Waals surface area contributed by atoms with Crippen LogP contribution in [0.2, 0.25) is 0 Å². The third-order valence-electron chi connectivity index (χ3n) is 16.9. The second kappa shape index (κ2) is 23.7. The van der Waals surface area contributed by atoms with E-state index in [1.807, 2.05) is 109 Å². The Labute approximate surface area is 513 Å². The largest absolute Gasteiger partial charge is 0.369 e. The minimum absolute atomic E-state index is 0.104. The van der Waals surface area contributed by atoms with E-state index in [4.69, 9.17) is 0 Å². The minimum atomic E-state index is -2.13. The maximum Gasteiger partial charge on any atom is 0.258 e. The summed E-state index contributed by atoms with van der Waals surface area (Å²) in [4.78, 5) is 17.9. The molecule has 3 N–H and O–H groups in total. The van der Waals surface area contributed by atoms with E-state index in [9.17, 15) is 36.2 Å². The van der Waals surface area contributed by atoms with Gasteiger partial charge in [0.1, 0.15) is 0 Å². The van der Waals surface area contributed by atoms with Gasteiger partial charge in [-0.2, -0.15) is 0 Å². The summed E-state index contributed by atoms with van der Waals surface area (Å²) in [5.41, 5.74) is 9.86. The average Bonchev–Trinajstić information content (AvgIpc) is 1.52. The third kappa shape index (κ3) is 10.4. The van der Waals surface area contributed by atoms with Crippen molar-refractivity contribution in [1.82, 2.24) is 0 Å². The number of hydrogen-bond donors (Lipinski definition) is 3. The summed E-state index contributed by atoms with van der Waals surface area (Å²) in [5, 5.41) is 16.4. The van der Waals surface area contributed by atoms with E-state index < -0.39 is 80.6 Å². The minimum Gasteiger partial charge on any atom is -0.369 e. The van der Waals surface area contributed by atoms with Gasteiger partial charge in [-0.15, -0.1) is 0 Å². The van der Waals surface area contributed by atoms with E-state index in [-0.39, 0.29) is 17.4 Å². The fourth-order valence-corrected chi connectivity index (χ4v) is 12.5. The maximum atomic E-state index is 15.1. The Kier molecular flexibility index (Phi) is 15.3. The number of amides is 1. The number of fused-ring (bicyclic) bond motifs is 2. The van der Waals surface area contributed by atoms with Crippen LogP contribution in [0, 0.1) is 46.5 Å². The molecular formula is C76H52F8N4O2. The van der Waals surface area contributed by atoms with E-state index in [1.54, 1.807) is 36.4 Å². The number of carbonyl (C=O) groups is 1. The van der Waals surface area contributed by atoms with Crippen LogP contribution in [0.15, 0.2) is 266 Å². The number of allylic oxidation sites excluding steroid dienone is 4. The van der Waals surface area contributed by atoms with E-state index in [0.29, 0.717) is 23.6 Å². The summed E-state index contributed by atoms with van der Waals surface area (Å²) in [5.74, 6) is -16.6. The zero-order chi connectivity index (χ0) is 62.4. The normalized spacial score (nSPS) is 16.1. The number of aliphatic hydroxyl groups excluding tert-OH is 1. The first-order valence-electron chi connectivity index (χ1n) is 28.8. The van der Waals surface area contributed by atoms with E-state index in [0.717, 1.165) is 73.1 Å². The van der Waals surface area contributed by atoms with Crippen LogP contribution in [0.4, 0.5) is 80.6 Å². The molecule has 14 heteroatoms. The molecule has 11 aromatic rings. The highest BCUT2D eigenvalue weighted by atomic mass is 19.2. The Morgan fingerprint density at radius 2 is 0.889 bits per heavy atom. The molecule has 0 bridgehead atoms. The molecule has 2 aliphatic carbocycles. The predicted molar refractivity (Wildman–Crippen MR) is 338 cm³/mol. The van der Waals surface area contributed by atoms with Crippen LogP contribution in [0.3, 0.4) is 0 Å². The lowest BCUT2D eigenvalue weighted by Gasteiger charge is -2.41. The standard InChI is InChI=1S/C76H52F8N4O2/c1-75(48-29-37-58(38-30-48)88(55-18-10-4-11-19-55)56-20-12-5-13-21-56)41-40-60-59-39-24-47(46-22-35-57(36-23-46)87(53-14-6-2-7-15-53)54-16-8-3-9-17-54)42-63(59)76(64(60)45-75,49-25-31-51(32-26-49)85-73(89)61-43-65(77)69(81)71(83)67(61)79)50-27-33-52(34-28-50)86-74(90)62-44-66(78)70(82)72(84)68(62)80/h2-44,73,85,89H,45H2,1H3,(H,86,90). The smallest absolute Gasteiger partial charge is 0.258 e. The van der Waals surface area contributed by atoms with Gasteiger partial charge in [0, 0.05) is 56.5 Å². The second-order valence-corrected chi connectivity index (χ2v) is 22.3. The average molecular weight is 1210 g/mol. The van der Waals surface area contributed by atoms with Gasteiger partial charge in [-0.1, -0.05) is 153 Å². The molecule has 0 heterocycles. The molecule has 90 heavy (non-hydrogen) atoms. The Morgan fingerprint density at radius 1 is 0.456 bits per heavy atom. The Bertz CT molecular complexity index is 4500. The molecule has 0 saturated carbocycles. The highest BCUT2D eigenvalue weighted by molar-refractivity contribution is 6.04. The molecule has 0 saturated heterocycles. The molecule has 0 radical (unpaired) electrons. The zero-order valence-corrected chi connectivity index (χ0v) is 47.9. The maximum absolute atomic E-state index is 15.1. The number of para-hydroxylation sites is 4. The number of rotatable bonds is 15. The first kappa shape index (κ1) is 58.2. The number of aliphatic hydroxyl groups is 1. The van der Waals surface area contributed by atoms with Gasteiger partial charge < -0.3 is 25.5 Å². The van der Waals surface area contributed by atoms with E-state index in [2.05, 4.69) is 131 Å². The lowest BCUT2D eigenvalue weighted by atomic mass is 9.61. The molecule has 6 nitrogen and oxygen atoms in total. The summed E-state index contributed by atoms with van der Waals surface area (Å²) >= 11 is 0. The summed E-state index contributed by atoms with van der Waals surface area (Å²) in [7, 11) is 0. The van der Waals surface area contributed by atoms with Gasteiger partial charge in [0.15, 0.2) is 52.8 Å². The molecular weight excluding hydrogens is 1150 g/mol. The predicted octanol–water partition coefficient (Wildman–Crippen LogP) is 19.8.